The van der Waals surface area contributed by atoms with Crippen LogP contribution in [0.5, 0.6) is 5.75 Å². The molecule has 1 aromatic heterocycles. The number of fused-ring (bicyclic) bond motifs is 1. The van der Waals surface area contributed by atoms with Gasteiger partial charge in [0, 0.05) is 5.02 Å². The van der Waals surface area contributed by atoms with Crippen LogP contribution >= 0.6 is 11.6 Å². The molecule has 23 heavy (non-hydrogen) atoms. The van der Waals surface area contributed by atoms with Gasteiger partial charge in [-0.15, -0.1) is 0 Å². The highest BCUT2D eigenvalue weighted by atomic mass is 35.5. The quantitative estimate of drug-likeness (QED) is 0.883. The van der Waals surface area contributed by atoms with Crippen LogP contribution in [-0.2, 0) is 11.2 Å². The molecule has 0 aliphatic heterocycles. The summed E-state index contributed by atoms with van der Waals surface area (Å²) in [6.07, 6.45) is 4.56. The third-order valence-corrected chi connectivity index (χ3v) is 4.32. The van der Waals surface area contributed by atoms with E-state index in [9.17, 15) is 4.79 Å². The van der Waals surface area contributed by atoms with Crippen molar-refractivity contribution < 1.29 is 9.53 Å². The van der Waals surface area contributed by atoms with Crippen molar-refractivity contribution >= 4 is 17.5 Å². The minimum absolute atomic E-state index is 0.0294. The molecule has 1 aliphatic rings. The molecule has 0 radical (unpaired) electrons. The molecule has 0 saturated carbocycles. The van der Waals surface area contributed by atoms with E-state index in [2.05, 4.69) is 15.5 Å². The minimum atomic E-state index is -0.135. The third-order valence-electron chi connectivity index (χ3n) is 4.07. The van der Waals surface area contributed by atoms with Crippen LogP contribution in [0.1, 0.15) is 36.9 Å². The Hall–Kier alpha value is -2.01. The molecule has 1 amide bonds. The zero-order valence-electron chi connectivity index (χ0n) is 13.0. The fourth-order valence-electron chi connectivity index (χ4n) is 2.88. The summed E-state index contributed by atoms with van der Waals surface area (Å²) >= 11 is 5.85. The van der Waals surface area contributed by atoms with Crippen molar-refractivity contribution in [3.05, 3.63) is 46.7 Å². The Balaban J connectivity index is 1.52. The first kappa shape index (κ1) is 15.9. The average molecular weight is 334 g/mol. The summed E-state index contributed by atoms with van der Waals surface area (Å²) in [4.78, 5) is 12.4. The molecule has 0 fully saturated rings. The van der Waals surface area contributed by atoms with Crippen molar-refractivity contribution in [1.29, 1.82) is 0 Å². The summed E-state index contributed by atoms with van der Waals surface area (Å²) in [5.74, 6) is 0.635. The fourth-order valence-corrected chi connectivity index (χ4v) is 3.01. The molecule has 0 spiro atoms. The van der Waals surface area contributed by atoms with Crippen molar-refractivity contribution in [3.63, 3.8) is 0 Å². The lowest BCUT2D eigenvalue weighted by molar-refractivity contribution is -0.123. The van der Waals surface area contributed by atoms with Crippen LogP contribution in [0.2, 0.25) is 5.02 Å². The van der Waals surface area contributed by atoms with Gasteiger partial charge in [-0.1, -0.05) is 11.6 Å². The second-order valence-corrected chi connectivity index (χ2v) is 6.32. The smallest absolute Gasteiger partial charge is 0.229 e. The lowest BCUT2D eigenvalue weighted by Gasteiger charge is -2.22. The van der Waals surface area contributed by atoms with E-state index in [0.717, 1.165) is 36.3 Å². The number of aromatic amines is 1. The molecule has 1 aliphatic carbocycles. The van der Waals surface area contributed by atoms with Crippen molar-refractivity contribution in [1.82, 2.24) is 15.5 Å². The molecule has 2 aromatic rings. The van der Waals surface area contributed by atoms with Gasteiger partial charge in [0.25, 0.3) is 0 Å². The van der Waals surface area contributed by atoms with Gasteiger partial charge >= 0.3 is 0 Å². The Morgan fingerprint density at radius 3 is 3.04 bits per heavy atom. The van der Waals surface area contributed by atoms with Crippen LogP contribution in [0.15, 0.2) is 30.5 Å². The van der Waals surface area contributed by atoms with Crippen molar-refractivity contribution in [2.24, 2.45) is 0 Å². The Bertz CT molecular complexity index is 669. The number of halogens is 1. The van der Waals surface area contributed by atoms with Crippen molar-refractivity contribution in [2.45, 2.75) is 38.2 Å². The van der Waals surface area contributed by atoms with E-state index in [1.807, 2.05) is 25.3 Å². The van der Waals surface area contributed by atoms with Gasteiger partial charge in [-0.25, -0.2) is 0 Å². The number of carbonyl (C=O) groups excluding carboxylic acids is 1. The number of hydrogen-bond acceptors (Lipinski definition) is 3. The molecule has 5 nitrogen and oxygen atoms in total. The van der Waals surface area contributed by atoms with Gasteiger partial charge in [-0.3, -0.25) is 9.89 Å². The fraction of sp³-hybridized carbons (Fsp3) is 0.412. The van der Waals surface area contributed by atoms with Gasteiger partial charge in [0.05, 0.1) is 24.4 Å². The summed E-state index contributed by atoms with van der Waals surface area (Å²) in [5.41, 5.74) is 2.11. The topological polar surface area (TPSA) is 67.0 Å². The van der Waals surface area contributed by atoms with Gasteiger partial charge in [-0.2, -0.15) is 5.10 Å². The SMILES string of the molecule is C[C@H](CNC(=O)[C@H]1CCCc2cn[nH]c21)Oc1ccc(Cl)cc1. The molecule has 0 unspecified atom stereocenters. The first-order chi connectivity index (χ1) is 11.1. The Labute approximate surface area is 140 Å². The number of nitrogens with one attached hydrogen (secondary N) is 2. The zero-order chi connectivity index (χ0) is 16.2. The summed E-state index contributed by atoms with van der Waals surface area (Å²) in [7, 11) is 0. The molecule has 122 valence electrons. The number of carbonyl (C=O) groups is 1. The number of ether oxygens (including phenoxy) is 1. The van der Waals surface area contributed by atoms with Gasteiger partial charge in [-0.05, 0) is 56.0 Å². The predicted molar refractivity (Wildman–Crippen MR) is 88.8 cm³/mol. The van der Waals surface area contributed by atoms with Gasteiger partial charge in [0.1, 0.15) is 11.9 Å². The molecule has 0 saturated heterocycles. The maximum atomic E-state index is 12.4. The number of nitrogens with zero attached hydrogens (tertiary/aromatic N) is 1. The normalized spacial score (nSPS) is 18.1. The van der Waals surface area contributed by atoms with E-state index in [1.165, 1.54) is 0 Å². The molecule has 3 rings (SSSR count). The van der Waals surface area contributed by atoms with Gasteiger partial charge in [0.2, 0.25) is 5.91 Å². The van der Waals surface area contributed by atoms with E-state index in [1.54, 1.807) is 12.1 Å². The zero-order valence-corrected chi connectivity index (χ0v) is 13.8. The van der Waals surface area contributed by atoms with E-state index in [-0.39, 0.29) is 17.9 Å². The van der Waals surface area contributed by atoms with Crippen LogP contribution in [0, 0.1) is 0 Å². The minimum Gasteiger partial charge on any atom is -0.489 e. The predicted octanol–water partition coefficient (Wildman–Crippen LogP) is 3.07. The summed E-state index contributed by atoms with van der Waals surface area (Å²) < 4.78 is 5.77. The Kier molecular flexibility index (Phi) is 4.86. The van der Waals surface area contributed by atoms with E-state index >= 15 is 0 Å². The number of rotatable bonds is 5. The van der Waals surface area contributed by atoms with E-state index < -0.39 is 0 Å². The van der Waals surface area contributed by atoms with Crippen LogP contribution in [-0.4, -0.2) is 28.8 Å². The maximum absolute atomic E-state index is 12.4. The average Bonchev–Trinajstić information content (AvgIpc) is 3.03. The van der Waals surface area contributed by atoms with Crippen LogP contribution in [0.25, 0.3) is 0 Å². The van der Waals surface area contributed by atoms with E-state index in [0.29, 0.717) is 11.6 Å². The van der Waals surface area contributed by atoms with Crippen LogP contribution < -0.4 is 10.1 Å². The number of H-pyrrole nitrogens is 1. The second-order valence-electron chi connectivity index (χ2n) is 5.88. The molecular weight excluding hydrogens is 314 g/mol. The maximum Gasteiger partial charge on any atom is 0.229 e. The Morgan fingerprint density at radius 2 is 2.26 bits per heavy atom. The highest BCUT2D eigenvalue weighted by molar-refractivity contribution is 6.30. The molecule has 6 heteroatoms. The first-order valence-electron chi connectivity index (χ1n) is 7.85. The number of hydrogen-bond donors (Lipinski definition) is 2. The van der Waals surface area contributed by atoms with Crippen molar-refractivity contribution in [2.75, 3.05) is 6.54 Å². The van der Waals surface area contributed by atoms with Gasteiger partial charge in [0.15, 0.2) is 0 Å². The highest BCUT2D eigenvalue weighted by Crippen LogP contribution is 2.29. The Morgan fingerprint density at radius 1 is 1.48 bits per heavy atom. The van der Waals surface area contributed by atoms with Crippen LogP contribution in [0.4, 0.5) is 0 Å². The largest absolute Gasteiger partial charge is 0.489 e. The summed E-state index contributed by atoms with van der Waals surface area (Å²) in [6, 6.07) is 7.20. The van der Waals surface area contributed by atoms with Crippen LogP contribution in [0.3, 0.4) is 0 Å². The number of benzene rings is 1. The number of aryl methyl sites for hydroxylation is 1. The molecule has 0 bridgehead atoms. The third kappa shape index (κ3) is 3.85. The van der Waals surface area contributed by atoms with Gasteiger partial charge < -0.3 is 10.1 Å². The highest BCUT2D eigenvalue weighted by Gasteiger charge is 2.28. The first-order valence-corrected chi connectivity index (χ1v) is 8.23. The molecule has 1 aromatic carbocycles. The van der Waals surface area contributed by atoms with Crippen molar-refractivity contribution in [3.8, 4) is 5.75 Å². The lowest BCUT2D eigenvalue weighted by atomic mass is 9.87. The molecule has 2 atom stereocenters. The number of amides is 1. The molecule has 1 heterocycles. The summed E-state index contributed by atoms with van der Waals surface area (Å²) in [6.45, 7) is 2.39. The second kappa shape index (κ2) is 7.04. The summed E-state index contributed by atoms with van der Waals surface area (Å²) in [5, 5.41) is 10.7. The number of aromatic nitrogens is 2. The van der Waals surface area contributed by atoms with E-state index in [4.69, 9.17) is 16.3 Å². The molecular formula is C17H20ClN3O2. The monoisotopic (exact) mass is 333 g/mol. The molecule has 2 N–H and O–H groups in total. The standard InChI is InChI=1S/C17H20ClN3O2/c1-11(23-14-7-5-13(18)6-8-14)9-19-17(22)15-4-2-3-12-10-20-21-16(12)15/h5-8,10-11,15H,2-4,9H2,1H3,(H,19,22)(H,20,21)/t11-,15+/m1/s1. The lowest BCUT2D eigenvalue weighted by Crippen LogP contribution is -2.37.